The van der Waals surface area contributed by atoms with E-state index in [1.54, 1.807) is 66.6 Å². The van der Waals surface area contributed by atoms with Gasteiger partial charge >= 0.3 is 0 Å². The zero-order chi connectivity index (χ0) is 27.4. The lowest BCUT2D eigenvalue weighted by atomic mass is 9.91. The van der Waals surface area contributed by atoms with Crippen LogP contribution in [0.25, 0.3) is 0 Å². The highest BCUT2D eigenvalue weighted by Gasteiger charge is 2.38. The fourth-order valence-electron chi connectivity index (χ4n) is 4.43. The summed E-state index contributed by atoms with van der Waals surface area (Å²) in [5.74, 6) is 0.626. The largest absolute Gasteiger partial charge is 0.392 e. The zero-order valence-electron chi connectivity index (χ0n) is 21.5. The zero-order valence-corrected chi connectivity index (χ0v) is 23.2. The summed E-state index contributed by atoms with van der Waals surface area (Å²) in [5.41, 5.74) is 2.90. The molecule has 1 aliphatic heterocycles. The molecule has 0 radical (unpaired) electrons. The quantitative estimate of drug-likeness (QED) is 0.280. The summed E-state index contributed by atoms with van der Waals surface area (Å²) in [5, 5.41) is 18.4. The Labute approximate surface area is 232 Å². The summed E-state index contributed by atoms with van der Waals surface area (Å²) in [7, 11) is -1.85. The number of hydrogen-bond donors (Lipinski definition) is 2. The minimum atomic E-state index is -3.75. The van der Waals surface area contributed by atoms with E-state index < -0.39 is 16.3 Å². The maximum Gasteiger partial charge on any atom is 0.261 e. The van der Waals surface area contributed by atoms with Crippen LogP contribution in [0.5, 0.6) is 0 Å². The summed E-state index contributed by atoms with van der Waals surface area (Å²) >= 11 is 1.56. The van der Waals surface area contributed by atoms with Gasteiger partial charge in [0.1, 0.15) is 6.33 Å². The number of sulfonamides is 1. The van der Waals surface area contributed by atoms with Gasteiger partial charge < -0.3 is 19.1 Å². The summed E-state index contributed by atoms with van der Waals surface area (Å²) < 4.78 is 43.3. The Kier molecular flexibility index (Phi) is 8.34. The van der Waals surface area contributed by atoms with Gasteiger partial charge in [0.25, 0.3) is 10.0 Å². The molecule has 0 aliphatic carbocycles. The molecule has 39 heavy (non-hydrogen) atoms. The Morgan fingerprint density at radius 3 is 2.46 bits per heavy atom. The smallest absolute Gasteiger partial charge is 0.261 e. The molecule has 0 amide bonds. The van der Waals surface area contributed by atoms with E-state index in [4.69, 9.17) is 9.47 Å². The second kappa shape index (κ2) is 11.9. The first kappa shape index (κ1) is 27.4. The molecular weight excluding hydrogens is 536 g/mol. The standard InChI is InChI=1S/C28H30N4O5S2/c1-19-25(17-38-28-30-29-18-32(28)2)36-27(37-26(19)21-13-11-20(16-33)12-14-21)22-7-6-8-23(15-22)31-39(34,35)24-9-4-3-5-10-24/h3-15,18-19,25-27,31,33H,16-17H2,1-2H3/t19-,25+,26+,27+/m1/s1. The Morgan fingerprint density at radius 2 is 1.77 bits per heavy atom. The van der Waals surface area contributed by atoms with Crippen LogP contribution in [-0.4, -0.2) is 40.1 Å². The number of thioether (sulfide) groups is 1. The maximum atomic E-state index is 12.9. The van der Waals surface area contributed by atoms with Crippen molar-refractivity contribution in [2.75, 3.05) is 10.5 Å². The lowest BCUT2D eigenvalue weighted by Gasteiger charge is -2.41. The predicted octanol–water partition coefficient (Wildman–Crippen LogP) is 4.69. The molecule has 9 nitrogen and oxygen atoms in total. The molecular formula is C28H30N4O5S2. The molecule has 204 valence electrons. The number of hydrogen-bond acceptors (Lipinski definition) is 8. The van der Waals surface area contributed by atoms with Gasteiger partial charge in [-0.2, -0.15) is 0 Å². The second-order valence-electron chi connectivity index (χ2n) is 9.40. The summed E-state index contributed by atoms with van der Waals surface area (Å²) in [6.45, 7) is 2.06. The van der Waals surface area contributed by atoms with E-state index in [-0.39, 0.29) is 29.6 Å². The molecule has 5 rings (SSSR count). The van der Waals surface area contributed by atoms with Crippen molar-refractivity contribution in [2.45, 2.75) is 42.1 Å². The van der Waals surface area contributed by atoms with Gasteiger partial charge in [-0.1, -0.05) is 73.3 Å². The lowest BCUT2D eigenvalue weighted by Crippen LogP contribution is -2.38. The van der Waals surface area contributed by atoms with Gasteiger partial charge in [0, 0.05) is 30.0 Å². The van der Waals surface area contributed by atoms with E-state index in [1.807, 2.05) is 41.9 Å². The minimum Gasteiger partial charge on any atom is -0.392 e. The van der Waals surface area contributed by atoms with E-state index in [2.05, 4.69) is 21.8 Å². The Morgan fingerprint density at radius 1 is 1.00 bits per heavy atom. The molecule has 1 aliphatic rings. The van der Waals surface area contributed by atoms with Crippen molar-refractivity contribution in [2.24, 2.45) is 13.0 Å². The minimum absolute atomic E-state index is 0.00159. The van der Waals surface area contributed by atoms with Crippen LogP contribution in [-0.2, 0) is 33.2 Å². The van der Waals surface area contributed by atoms with Crippen LogP contribution in [0.2, 0.25) is 0 Å². The highest BCUT2D eigenvalue weighted by molar-refractivity contribution is 7.99. The van der Waals surface area contributed by atoms with Gasteiger partial charge in [-0.25, -0.2) is 8.42 Å². The van der Waals surface area contributed by atoms with Crippen molar-refractivity contribution in [3.05, 3.63) is 102 Å². The topological polar surface area (TPSA) is 116 Å². The number of rotatable bonds is 9. The number of aromatic nitrogens is 3. The first-order chi connectivity index (χ1) is 18.8. The fourth-order valence-corrected chi connectivity index (χ4v) is 6.55. The monoisotopic (exact) mass is 566 g/mol. The molecule has 1 fully saturated rings. The van der Waals surface area contributed by atoms with Gasteiger partial charge in [-0.3, -0.25) is 4.72 Å². The average molecular weight is 567 g/mol. The molecule has 1 aromatic heterocycles. The van der Waals surface area contributed by atoms with Crippen molar-refractivity contribution in [3.63, 3.8) is 0 Å². The number of nitrogens with one attached hydrogen (secondary N) is 1. The van der Waals surface area contributed by atoms with Gasteiger partial charge in [0.2, 0.25) is 0 Å². The van der Waals surface area contributed by atoms with Crippen LogP contribution in [0.15, 0.2) is 95.2 Å². The van der Waals surface area contributed by atoms with Gasteiger partial charge in [0.05, 0.1) is 23.7 Å². The molecule has 11 heteroatoms. The van der Waals surface area contributed by atoms with E-state index in [0.717, 1.165) is 16.3 Å². The molecule has 0 unspecified atom stereocenters. The van der Waals surface area contributed by atoms with Crippen molar-refractivity contribution in [1.29, 1.82) is 0 Å². The van der Waals surface area contributed by atoms with E-state index >= 15 is 0 Å². The molecule has 0 spiro atoms. The number of aliphatic hydroxyl groups is 1. The Hall–Kier alpha value is -3.22. The summed E-state index contributed by atoms with van der Waals surface area (Å²) in [4.78, 5) is 0.182. The van der Waals surface area contributed by atoms with E-state index in [1.165, 1.54) is 0 Å². The highest BCUT2D eigenvalue weighted by Crippen LogP contribution is 2.43. The first-order valence-corrected chi connectivity index (χ1v) is 15.0. The first-order valence-electron chi connectivity index (χ1n) is 12.5. The lowest BCUT2D eigenvalue weighted by molar-refractivity contribution is -0.268. The normalized spacial score (nSPS) is 21.5. The number of benzene rings is 3. The average Bonchev–Trinajstić information content (AvgIpc) is 3.37. The third kappa shape index (κ3) is 6.34. The second-order valence-corrected chi connectivity index (χ2v) is 12.1. The molecule has 2 heterocycles. The van der Waals surface area contributed by atoms with Crippen molar-refractivity contribution in [3.8, 4) is 0 Å². The SMILES string of the molecule is C[C@@H]1[C@H](CSc2nncn2C)O[C@H](c2cccc(NS(=O)(=O)c3ccccc3)c2)O[C@@H]1c1ccc(CO)cc1. The Balaban J connectivity index is 1.41. The number of aryl methyl sites for hydroxylation is 1. The third-order valence-corrected chi connectivity index (χ3v) is 9.15. The van der Waals surface area contributed by atoms with Crippen molar-refractivity contribution in [1.82, 2.24) is 14.8 Å². The number of ether oxygens (including phenoxy) is 2. The number of aliphatic hydroxyl groups excluding tert-OH is 1. The van der Waals surface area contributed by atoms with Gasteiger partial charge in [0.15, 0.2) is 11.4 Å². The predicted molar refractivity (Wildman–Crippen MR) is 148 cm³/mol. The molecule has 1 saturated heterocycles. The maximum absolute atomic E-state index is 12.9. The summed E-state index contributed by atoms with van der Waals surface area (Å²) in [6.07, 6.45) is 0.450. The van der Waals surface area contributed by atoms with Crippen LogP contribution in [0.4, 0.5) is 5.69 Å². The Bertz CT molecular complexity index is 1500. The van der Waals surface area contributed by atoms with Gasteiger partial charge in [-0.05, 0) is 35.4 Å². The number of nitrogens with zero attached hydrogens (tertiary/aromatic N) is 3. The molecule has 0 saturated carbocycles. The molecule has 0 bridgehead atoms. The molecule has 3 aromatic carbocycles. The van der Waals surface area contributed by atoms with Crippen LogP contribution in [0.1, 0.15) is 36.0 Å². The third-order valence-electron chi connectivity index (χ3n) is 6.63. The van der Waals surface area contributed by atoms with Crippen molar-refractivity contribution >= 4 is 27.5 Å². The van der Waals surface area contributed by atoms with Crippen LogP contribution < -0.4 is 4.72 Å². The fraction of sp³-hybridized carbons (Fsp3) is 0.286. The van der Waals surface area contributed by atoms with E-state index in [9.17, 15) is 13.5 Å². The van der Waals surface area contributed by atoms with Crippen LogP contribution in [0, 0.1) is 5.92 Å². The van der Waals surface area contributed by atoms with Crippen LogP contribution >= 0.6 is 11.8 Å². The highest BCUT2D eigenvalue weighted by atomic mass is 32.2. The van der Waals surface area contributed by atoms with E-state index in [0.29, 0.717) is 17.0 Å². The number of anilines is 1. The van der Waals surface area contributed by atoms with Crippen molar-refractivity contribution < 1.29 is 23.0 Å². The summed E-state index contributed by atoms with van der Waals surface area (Å²) in [6, 6.07) is 23.0. The molecule has 4 atom stereocenters. The van der Waals surface area contributed by atoms with Crippen LogP contribution in [0.3, 0.4) is 0 Å². The molecule has 4 aromatic rings. The molecule has 2 N–H and O–H groups in total. The van der Waals surface area contributed by atoms with Gasteiger partial charge in [-0.15, -0.1) is 10.2 Å².